The fourth-order valence-electron chi connectivity index (χ4n) is 4.45. The van der Waals surface area contributed by atoms with E-state index in [1.165, 1.54) is 56.3 Å². The van der Waals surface area contributed by atoms with E-state index in [2.05, 4.69) is 60.4 Å². The molecule has 0 aromatic heterocycles. The molecule has 29 heavy (non-hydrogen) atoms. The summed E-state index contributed by atoms with van der Waals surface area (Å²) in [6.45, 7) is 4.72. The highest BCUT2D eigenvalue weighted by atomic mass is 35.5. The smallest absolute Gasteiger partial charge is 0.118 e. The first-order valence-corrected chi connectivity index (χ1v) is 10.7. The van der Waals surface area contributed by atoms with Crippen molar-refractivity contribution in [3.05, 3.63) is 59.7 Å². The minimum absolute atomic E-state index is 0. The van der Waals surface area contributed by atoms with Crippen molar-refractivity contribution < 1.29 is 9.47 Å². The van der Waals surface area contributed by atoms with E-state index in [4.69, 9.17) is 9.47 Å². The lowest BCUT2D eigenvalue weighted by molar-refractivity contribution is 0.108. The fourth-order valence-corrected chi connectivity index (χ4v) is 4.45. The Kier molecular flexibility index (Phi) is 9.83. The monoisotopic (exact) mass is 417 g/mol. The molecule has 1 fully saturated rings. The van der Waals surface area contributed by atoms with Crippen molar-refractivity contribution in [1.29, 1.82) is 0 Å². The number of piperidine rings is 1. The Morgan fingerprint density at radius 3 is 1.83 bits per heavy atom. The average Bonchev–Trinajstić information content (AvgIpc) is 2.77. The molecule has 0 aliphatic carbocycles. The van der Waals surface area contributed by atoms with Crippen LogP contribution in [0.2, 0.25) is 0 Å². The van der Waals surface area contributed by atoms with Gasteiger partial charge in [-0.1, -0.05) is 31.2 Å². The molecule has 3 rings (SSSR count). The second-order valence-electron chi connectivity index (χ2n) is 7.95. The molecule has 2 atom stereocenters. The molecule has 0 saturated carbocycles. The highest BCUT2D eigenvalue weighted by Gasteiger charge is 2.27. The van der Waals surface area contributed by atoms with Gasteiger partial charge in [-0.2, -0.15) is 0 Å². The van der Waals surface area contributed by atoms with E-state index in [-0.39, 0.29) is 12.4 Å². The first kappa shape index (κ1) is 23.6. The quantitative estimate of drug-likeness (QED) is 0.515. The van der Waals surface area contributed by atoms with Gasteiger partial charge in [0.05, 0.1) is 14.2 Å². The maximum absolute atomic E-state index is 5.27. The van der Waals surface area contributed by atoms with Crippen LogP contribution in [0.1, 0.15) is 43.7 Å². The molecule has 160 valence electrons. The van der Waals surface area contributed by atoms with Gasteiger partial charge in [-0.25, -0.2) is 0 Å². The normalized spacial score (nSPS) is 19.4. The summed E-state index contributed by atoms with van der Waals surface area (Å²) >= 11 is 0. The van der Waals surface area contributed by atoms with Crippen LogP contribution in [0.3, 0.4) is 0 Å². The van der Waals surface area contributed by atoms with Crippen LogP contribution in [0.15, 0.2) is 48.5 Å². The number of hydrogen-bond acceptors (Lipinski definition) is 3. The van der Waals surface area contributed by atoms with Crippen LogP contribution in [0.5, 0.6) is 11.5 Å². The third-order valence-corrected chi connectivity index (χ3v) is 6.28. The summed E-state index contributed by atoms with van der Waals surface area (Å²) in [6.07, 6.45) is 7.54. The minimum atomic E-state index is 0. The Balaban J connectivity index is 0.00000300. The average molecular weight is 418 g/mol. The van der Waals surface area contributed by atoms with Gasteiger partial charge in [0.25, 0.3) is 0 Å². The van der Waals surface area contributed by atoms with Crippen LogP contribution in [-0.4, -0.2) is 38.3 Å². The molecule has 2 aromatic carbocycles. The van der Waals surface area contributed by atoms with Crippen LogP contribution in [0, 0.1) is 5.92 Å². The Morgan fingerprint density at radius 1 is 0.828 bits per heavy atom. The van der Waals surface area contributed by atoms with E-state index in [1.54, 1.807) is 14.2 Å². The molecule has 0 amide bonds. The van der Waals surface area contributed by atoms with Crippen molar-refractivity contribution in [3.8, 4) is 11.5 Å². The highest BCUT2D eigenvalue weighted by molar-refractivity contribution is 5.85. The van der Waals surface area contributed by atoms with E-state index in [0.717, 1.165) is 23.8 Å². The van der Waals surface area contributed by atoms with Gasteiger partial charge in [0, 0.05) is 6.04 Å². The Labute approximate surface area is 182 Å². The molecule has 0 radical (unpaired) electrons. The summed E-state index contributed by atoms with van der Waals surface area (Å²) in [5.74, 6) is 2.72. The van der Waals surface area contributed by atoms with Crippen molar-refractivity contribution in [2.75, 3.05) is 27.3 Å². The summed E-state index contributed by atoms with van der Waals surface area (Å²) in [5.41, 5.74) is 2.84. The second kappa shape index (κ2) is 12.1. The van der Waals surface area contributed by atoms with Crippen LogP contribution in [0.4, 0.5) is 0 Å². The van der Waals surface area contributed by atoms with Gasteiger partial charge < -0.3 is 14.4 Å². The van der Waals surface area contributed by atoms with Gasteiger partial charge in [-0.3, -0.25) is 0 Å². The molecule has 3 nitrogen and oxygen atoms in total. The number of likely N-dealkylation sites (tertiary alicyclic amines) is 1. The van der Waals surface area contributed by atoms with E-state index in [1.807, 2.05) is 0 Å². The standard InChI is InChI=1S/C25H35NO2.ClH/c1-4-26-18-17-22(6-5-20-8-13-24(27-2)14-9-20)19-23(26)12-7-21-10-15-25(28-3)16-11-21;/h8-11,13-16,22-23H,4-7,12,17-19H2,1-3H3;1H. The molecule has 1 aliphatic rings. The van der Waals surface area contributed by atoms with Crippen LogP contribution < -0.4 is 9.47 Å². The van der Waals surface area contributed by atoms with Gasteiger partial charge >= 0.3 is 0 Å². The summed E-state index contributed by atoms with van der Waals surface area (Å²) in [6, 6.07) is 17.8. The van der Waals surface area contributed by atoms with Crippen molar-refractivity contribution >= 4 is 12.4 Å². The summed E-state index contributed by atoms with van der Waals surface area (Å²) < 4.78 is 10.5. The van der Waals surface area contributed by atoms with Crippen molar-refractivity contribution in [2.45, 2.75) is 51.5 Å². The lowest BCUT2D eigenvalue weighted by Gasteiger charge is -2.39. The van der Waals surface area contributed by atoms with Gasteiger partial charge in [-0.05, 0) is 92.9 Å². The topological polar surface area (TPSA) is 21.7 Å². The molecular weight excluding hydrogens is 382 g/mol. The zero-order valence-electron chi connectivity index (χ0n) is 18.1. The molecule has 0 N–H and O–H groups in total. The minimum Gasteiger partial charge on any atom is -0.497 e. The van der Waals surface area contributed by atoms with E-state index >= 15 is 0 Å². The lowest BCUT2D eigenvalue weighted by Crippen LogP contribution is -2.42. The highest BCUT2D eigenvalue weighted by Crippen LogP contribution is 2.29. The predicted octanol–water partition coefficient (Wildman–Crippen LogP) is 5.79. The number of benzene rings is 2. The van der Waals surface area contributed by atoms with Crippen molar-refractivity contribution in [1.82, 2.24) is 4.90 Å². The number of hydrogen-bond donors (Lipinski definition) is 0. The van der Waals surface area contributed by atoms with Crippen molar-refractivity contribution in [2.24, 2.45) is 5.92 Å². The molecule has 1 heterocycles. The summed E-state index contributed by atoms with van der Waals surface area (Å²) in [4.78, 5) is 2.69. The maximum atomic E-state index is 5.27. The number of nitrogens with zero attached hydrogens (tertiary/aromatic N) is 1. The van der Waals surface area contributed by atoms with Gasteiger partial charge in [0.2, 0.25) is 0 Å². The zero-order valence-corrected chi connectivity index (χ0v) is 18.9. The Bertz CT molecular complexity index is 702. The van der Waals surface area contributed by atoms with Gasteiger partial charge in [0.15, 0.2) is 0 Å². The summed E-state index contributed by atoms with van der Waals surface area (Å²) in [7, 11) is 3.45. The second-order valence-corrected chi connectivity index (χ2v) is 7.95. The number of ether oxygens (including phenoxy) is 2. The molecule has 1 saturated heterocycles. The molecule has 4 heteroatoms. The molecular formula is C25H36ClNO2. The van der Waals surface area contributed by atoms with Crippen LogP contribution >= 0.6 is 12.4 Å². The van der Waals surface area contributed by atoms with E-state index in [9.17, 15) is 0 Å². The largest absolute Gasteiger partial charge is 0.497 e. The summed E-state index contributed by atoms with van der Waals surface area (Å²) in [5, 5.41) is 0. The van der Waals surface area contributed by atoms with Crippen LogP contribution in [0.25, 0.3) is 0 Å². The van der Waals surface area contributed by atoms with E-state index < -0.39 is 0 Å². The number of aryl methyl sites for hydroxylation is 2. The Hall–Kier alpha value is -1.71. The maximum Gasteiger partial charge on any atom is 0.118 e. The SMILES string of the molecule is CCN1CCC(CCc2ccc(OC)cc2)CC1CCc1ccc(OC)cc1.Cl. The molecule has 0 bridgehead atoms. The third kappa shape index (κ3) is 6.94. The molecule has 1 aliphatic heterocycles. The lowest BCUT2D eigenvalue weighted by atomic mass is 9.84. The number of methoxy groups -OCH3 is 2. The number of rotatable bonds is 9. The number of halogens is 1. The predicted molar refractivity (Wildman–Crippen MR) is 124 cm³/mol. The first-order chi connectivity index (χ1) is 13.7. The third-order valence-electron chi connectivity index (χ3n) is 6.28. The molecule has 2 aromatic rings. The molecule has 2 unspecified atom stereocenters. The van der Waals surface area contributed by atoms with Crippen LogP contribution in [-0.2, 0) is 12.8 Å². The van der Waals surface area contributed by atoms with Crippen molar-refractivity contribution in [3.63, 3.8) is 0 Å². The fraction of sp³-hybridized carbons (Fsp3) is 0.520. The van der Waals surface area contributed by atoms with Gasteiger partial charge in [-0.15, -0.1) is 12.4 Å². The molecule has 0 spiro atoms. The first-order valence-electron chi connectivity index (χ1n) is 10.7. The zero-order chi connectivity index (χ0) is 19.8. The van der Waals surface area contributed by atoms with Gasteiger partial charge in [0.1, 0.15) is 11.5 Å². The van der Waals surface area contributed by atoms with E-state index in [0.29, 0.717) is 6.04 Å². The Morgan fingerprint density at radius 2 is 1.34 bits per heavy atom.